The van der Waals surface area contributed by atoms with E-state index in [1.807, 2.05) is 36.4 Å². The van der Waals surface area contributed by atoms with Gasteiger partial charge in [-0.25, -0.2) is 13.2 Å². The molecule has 0 unspecified atom stereocenters. The molecule has 0 aliphatic rings. The van der Waals surface area contributed by atoms with Crippen LogP contribution in [0.15, 0.2) is 103 Å². The van der Waals surface area contributed by atoms with Crippen molar-refractivity contribution in [2.75, 3.05) is 0 Å². The Hall–Kier alpha value is -3.85. The second-order valence-electron chi connectivity index (χ2n) is 7.42. The van der Waals surface area contributed by atoms with E-state index < -0.39 is 0 Å². The molecule has 3 heteroatoms. The summed E-state index contributed by atoms with van der Waals surface area (Å²) in [5.74, 6) is -0.955. The highest BCUT2D eigenvalue weighted by molar-refractivity contribution is 6.10. The van der Waals surface area contributed by atoms with Gasteiger partial charge in [-0.3, -0.25) is 0 Å². The Labute approximate surface area is 178 Å². The first-order chi connectivity index (χ1) is 15.1. The van der Waals surface area contributed by atoms with E-state index in [1.165, 1.54) is 36.4 Å². The van der Waals surface area contributed by atoms with Crippen LogP contribution in [0.5, 0.6) is 0 Å². The number of hydrogen-bond acceptors (Lipinski definition) is 0. The van der Waals surface area contributed by atoms with Gasteiger partial charge in [0.1, 0.15) is 17.5 Å². The van der Waals surface area contributed by atoms with Crippen molar-refractivity contribution >= 4 is 10.8 Å². The van der Waals surface area contributed by atoms with Gasteiger partial charge in [0, 0.05) is 0 Å². The molecule has 0 N–H and O–H groups in total. The van der Waals surface area contributed by atoms with E-state index in [0.29, 0.717) is 5.56 Å². The monoisotopic (exact) mass is 410 g/mol. The van der Waals surface area contributed by atoms with E-state index in [0.717, 1.165) is 38.6 Å². The van der Waals surface area contributed by atoms with E-state index >= 15 is 0 Å². The van der Waals surface area contributed by atoms with Crippen molar-refractivity contribution in [1.82, 2.24) is 0 Å². The third kappa shape index (κ3) is 3.59. The minimum absolute atomic E-state index is 0.304. The molecular formula is C28H17F3. The van der Waals surface area contributed by atoms with Gasteiger partial charge in [-0.1, -0.05) is 60.7 Å². The molecule has 0 aromatic heterocycles. The Kier molecular flexibility index (Phi) is 4.79. The Morgan fingerprint density at radius 1 is 0.387 bits per heavy atom. The largest absolute Gasteiger partial charge is 0.207 e. The maximum Gasteiger partial charge on any atom is 0.123 e. The van der Waals surface area contributed by atoms with Gasteiger partial charge in [0.15, 0.2) is 0 Å². The molecule has 0 fully saturated rings. The van der Waals surface area contributed by atoms with E-state index in [-0.39, 0.29) is 17.5 Å². The number of halogens is 3. The van der Waals surface area contributed by atoms with E-state index in [9.17, 15) is 13.2 Å². The predicted molar refractivity (Wildman–Crippen MR) is 120 cm³/mol. The summed E-state index contributed by atoms with van der Waals surface area (Å²) in [7, 11) is 0. The Morgan fingerprint density at radius 3 is 1.65 bits per heavy atom. The lowest BCUT2D eigenvalue weighted by Gasteiger charge is -2.18. The van der Waals surface area contributed by atoms with Crippen LogP contribution in [0.3, 0.4) is 0 Å². The minimum Gasteiger partial charge on any atom is -0.207 e. The van der Waals surface area contributed by atoms with Gasteiger partial charge in [0.05, 0.1) is 0 Å². The zero-order chi connectivity index (χ0) is 21.4. The lowest BCUT2D eigenvalue weighted by molar-refractivity contribution is 0.627. The fourth-order valence-corrected chi connectivity index (χ4v) is 4.05. The molecule has 0 nitrogen and oxygen atoms in total. The fourth-order valence-electron chi connectivity index (χ4n) is 4.05. The van der Waals surface area contributed by atoms with Crippen molar-refractivity contribution in [2.24, 2.45) is 0 Å². The normalized spacial score (nSPS) is 11.1. The number of benzene rings is 5. The molecule has 0 saturated carbocycles. The summed E-state index contributed by atoms with van der Waals surface area (Å²) < 4.78 is 41.3. The van der Waals surface area contributed by atoms with Crippen LogP contribution in [-0.4, -0.2) is 0 Å². The number of hydrogen-bond donors (Lipinski definition) is 0. The predicted octanol–water partition coefficient (Wildman–Crippen LogP) is 8.26. The molecule has 0 aliphatic carbocycles. The van der Waals surface area contributed by atoms with Gasteiger partial charge in [-0.2, -0.15) is 0 Å². The first kappa shape index (κ1) is 19.1. The molecule has 0 spiro atoms. The van der Waals surface area contributed by atoms with Crippen molar-refractivity contribution < 1.29 is 13.2 Å². The van der Waals surface area contributed by atoms with Crippen molar-refractivity contribution in [3.63, 3.8) is 0 Å². The molecular weight excluding hydrogens is 393 g/mol. The molecule has 150 valence electrons. The highest BCUT2D eigenvalue weighted by Crippen LogP contribution is 2.43. The van der Waals surface area contributed by atoms with Crippen LogP contribution >= 0.6 is 0 Å². The topological polar surface area (TPSA) is 0 Å². The van der Waals surface area contributed by atoms with Crippen molar-refractivity contribution in [3.05, 3.63) is 121 Å². The van der Waals surface area contributed by atoms with Crippen LogP contribution in [0.1, 0.15) is 0 Å². The number of fused-ring (bicyclic) bond motifs is 1. The van der Waals surface area contributed by atoms with Crippen molar-refractivity contribution in [1.29, 1.82) is 0 Å². The molecule has 31 heavy (non-hydrogen) atoms. The van der Waals surface area contributed by atoms with Crippen LogP contribution in [0.4, 0.5) is 13.2 Å². The average molecular weight is 410 g/mol. The molecule has 0 amide bonds. The van der Waals surface area contributed by atoms with Gasteiger partial charge in [0.2, 0.25) is 0 Å². The third-order valence-corrected chi connectivity index (χ3v) is 5.47. The van der Waals surface area contributed by atoms with Gasteiger partial charge in [0.25, 0.3) is 0 Å². The van der Waals surface area contributed by atoms with Gasteiger partial charge >= 0.3 is 0 Å². The third-order valence-electron chi connectivity index (χ3n) is 5.47. The van der Waals surface area contributed by atoms with E-state index in [4.69, 9.17) is 0 Å². The summed E-state index contributed by atoms with van der Waals surface area (Å²) in [5.41, 5.74) is 5.05. The zero-order valence-corrected chi connectivity index (χ0v) is 16.4. The van der Waals surface area contributed by atoms with Crippen LogP contribution in [0.2, 0.25) is 0 Å². The van der Waals surface area contributed by atoms with Crippen LogP contribution < -0.4 is 0 Å². The molecule has 5 aromatic carbocycles. The average Bonchev–Trinajstić information content (AvgIpc) is 2.79. The smallest absolute Gasteiger partial charge is 0.123 e. The van der Waals surface area contributed by atoms with Crippen LogP contribution in [-0.2, 0) is 0 Å². The second kappa shape index (κ2) is 7.77. The Balaban J connectivity index is 1.90. The molecule has 5 rings (SSSR count). The lowest BCUT2D eigenvalue weighted by Crippen LogP contribution is -1.92. The van der Waals surface area contributed by atoms with Gasteiger partial charge < -0.3 is 0 Å². The fraction of sp³-hybridized carbons (Fsp3) is 0. The van der Waals surface area contributed by atoms with Crippen LogP contribution in [0, 0.1) is 17.5 Å². The first-order valence-corrected chi connectivity index (χ1v) is 9.94. The second-order valence-corrected chi connectivity index (χ2v) is 7.42. The lowest BCUT2D eigenvalue weighted by atomic mass is 9.85. The summed E-state index contributed by atoms with van der Waals surface area (Å²) in [6.45, 7) is 0. The summed E-state index contributed by atoms with van der Waals surface area (Å²) in [6.07, 6.45) is 0. The molecule has 0 saturated heterocycles. The molecule has 0 bridgehead atoms. The van der Waals surface area contributed by atoms with Gasteiger partial charge in [-0.15, -0.1) is 0 Å². The van der Waals surface area contributed by atoms with Crippen molar-refractivity contribution in [2.45, 2.75) is 0 Å². The van der Waals surface area contributed by atoms with Crippen LogP contribution in [0.25, 0.3) is 44.2 Å². The van der Waals surface area contributed by atoms with Gasteiger partial charge in [-0.05, 0) is 86.6 Å². The molecule has 0 heterocycles. The summed E-state index contributed by atoms with van der Waals surface area (Å²) in [4.78, 5) is 0. The van der Waals surface area contributed by atoms with E-state index in [1.54, 1.807) is 30.3 Å². The standard InChI is InChI=1S/C28H17F3/c29-21-12-8-18(9-13-21)26-17-27(20-4-3-5-23(31)16-20)28(19-10-14-22(30)15-11-19)25-7-2-1-6-24(25)26/h1-17H. The molecule has 0 aliphatic heterocycles. The maximum atomic E-state index is 14.1. The Bertz CT molecular complexity index is 1380. The first-order valence-electron chi connectivity index (χ1n) is 9.94. The summed E-state index contributed by atoms with van der Waals surface area (Å²) >= 11 is 0. The SMILES string of the molecule is Fc1ccc(-c2cc(-c3cccc(F)c3)c(-c3ccc(F)cc3)c3ccccc23)cc1. The minimum atomic E-state index is -0.334. The highest BCUT2D eigenvalue weighted by atomic mass is 19.1. The summed E-state index contributed by atoms with van der Waals surface area (Å²) in [6, 6.07) is 29.0. The van der Waals surface area contributed by atoms with E-state index in [2.05, 4.69) is 0 Å². The molecule has 5 aromatic rings. The number of rotatable bonds is 3. The quantitative estimate of drug-likeness (QED) is 0.281. The maximum absolute atomic E-state index is 14.1. The highest BCUT2D eigenvalue weighted by Gasteiger charge is 2.17. The molecule has 0 atom stereocenters. The molecule has 0 radical (unpaired) electrons. The van der Waals surface area contributed by atoms with Crippen molar-refractivity contribution in [3.8, 4) is 33.4 Å². The zero-order valence-electron chi connectivity index (χ0n) is 16.4. The Morgan fingerprint density at radius 2 is 1.00 bits per heavy atom. The summed E-state index contributed by atoms with van der Waals surface area (Å²) in [5, 5.41) is 1.93.